The standard InChI is InChI=1S/C16H20N2O2/c1-19-15-5-3-4-14(16(15)20-2)12-18-11-8-13-6-9-17-10-7-13/h3-7,9-10,18H,8,11-12H2,1-2H3. The van der Waals surface area contributed by atoms with Gasteiger partial charge in [0.05, 0.1) is 14.2 Å². The summed E-state index contributed by atoms with van der Waals surface area (Å²) < 4.78 is 10.7. The molecule has 0 saturated heterocycles. The number of methoxy groups -OCH3 is 2. The van der Waals surface area contributed by atoms with Crippen LogP contribution in [0.15, 0.2) is 42.7 Å². The monoisotopic (exact) mass is 272 g/mol. The summed E-state index contributed by atoms with van der Waals surface area (Å²) in [5, 5.41) is 3.42. The molecule has 1 aromatic heterocycles. The summed E-state index contributed by atoms with van der Waals surface area (Å²) >= 11 is 0. The number of benzene rings is 1. The number of nitrogens with zero attached hydrogens (tertiary/aromatic N) is 1. The van der Waals surface area contributed by atoms with Crippen molar-refractivity contribution in [3.05, 3.63) is 53.9 Å². The first kappa shape index (κ1) is 14.3. The number of rotatable bonds is 7. The summed E-state index contributed by atoms with van der Waals surface area (Å²) in [6.45, 7) is 1.66. The van der Waals surface area contributed by atoms with Gasteiger partial charge in [-0.2, -0.15) is 0 Å². The van der Waals surface area contributed by atoms with Crippen molar-refractivity contribution >= 4 is 0 Å². The van der Waals surface area contributed by atoms with Crippen LogP contribution in [0.25, 0.3) is 0 Å². The lowest BCUT2D eigenvalue weighted by Crippen LogP contribution is -2.17. The normalized spacial score (nSPS) is 10.3. The molecule has 0 amide bonds. The fourth-order valence-electron chi connectivity index (χ4n) is 2.10. The van der Waals surface area contributed by atoms with Crippen molar-refractivity contribution in [1.29, 1.82) is 0 Å². The number of nitrogens with one attached hydrogen (secondary N) is 1. The van der Waals surface area contributed by atoms with Gasteiger partial charge in [0.1, 0.15) is 0 Å². The Balaban J connectivity index is 1.88. The minimum atomic E-state index is 0.755. The van der Waals surface area contributed by atoms with Crippen LogP contribution >= 0.6 is 0 Å². The second-order valence-corrected chi connectivity index (χ2v) is 4.43. The zero-order valence-electron chi connectivity index (χ0n) is 11.9. The van der Waals surface area contributed by atoms with Crippen molar-refractivity contribution in [3.8, 4) is 11.5 Å². The van der Waals surface area contributed by atoms with Crippen molar-refractivity contribution in [2.45, 2.75) is 13.0 Å². The molecule has 106 valence electrons. The molecule has 0 unspecified atom stereocenters. The first-order valence-corrected chi connectivity index (χ1v) is 6.64. The third kappa shape index (κ3) is 3.71. The lowest BCUT2D eigenvalue weighted by Gasteiger charge is -2.13. The molecule has 0 aliphatic rings. The SMILES string of the molecule is COc1cccc(CNCCc2ccncc2)c1OC. The number of ether oxygens (including phenoxy) is 2. The van der Waals surface area contributed by atoms with Gasteiger partial charge in [-0.25, -0.2) is 0 Å². The Kier molecular flexibility index (Phi) is 5.38. The minimum Gasteiger partial charge on any atom is -0.493 e. The Morgan fingerprint density at radius 3 is 2.55 bits per heavy atom. The molecule has 1 aromatic carbocycles. The lowest BCUT2D eigenvalue weighted by atomic mass is 10.1. The van der Waals surface area contributed by atoms with Crippen LogP contribution in [-0.2, 0) is 13.0 Å². The molecule has 0 fully saturated rings. The van der Waals surface area contributed by atoms with Gasteiger partial charge in [0.2, 0.25) is 0 Å². The maximum atomic E-state index is 5.41. The van der Waals surface area contributed by atoms with Crippen molar-refractivity contribution < 1.29 is 9.47 Å². The number of hydrogen-bond acceptors (Lipinski definition) is 4. The number of pyridine rings is 1. The first-order chi connectivity index (χ1) is 9.85. The van der Waals surface area contributed by atoms with E-state index < -0.39 is 0 Å². The maximum absolute atomic E-state index is 5.41. The van der Waals surface area contributed by atoms with Gasteiger partial charge in [-0.05, 0) is 36.7 Å². The maximum Gasteiger partial charge on any atom is 0.165 e. The van der Waals surface area contributed by atoms with Gasteiger partial charge < -0.3 is 14.8 Å². The Morgan fingerprint density at radius 2 is 1.85 bits per heavy atom. The van der Waals surface area contributed by atoms with Crippen molar-refractivity contribution in [1.82, 2.24) is 10.3 Å². The highest BCUT2D eigenvalue weighted by Crippen LogP contribution is 2.30. The molecule has 0 aliphatic heterocycles. The zero-order valence-corrected chi connectivity index (χ0v) is 11.9. The number of aromatic nitrogens is 1. The van der Waals surface area contributed by atoms with Crippen molar-refractivity contribution in [2.24, 2.45) is 0 Å². The summed E-state index contributed by atoms with van der Waals surface area (Å²) in [7, 11) is 3.32. The average molecular weight is 272 g/mol. The van der Waals surface area contributed by atoms with Crippen molar-refractivity contribution in [3.63, 3.8) is 0 Å². The molecule has 0 atom stereocenters. The van der Waals surface area contributed by atoms with E-state index in [4.69, 9.17) is 9.47 Å². The van der Waals surface area contributed by atoms with Gasteiger partial charge in [0, 0.05) is 24.5 Å². The topological polar surface area (TPSA) is 43.4 Å². The Morgan fingerprint density at radius 1 is 1.05 bits per heavy atom. The van der Waals surface area contributed by atoms with E-state index in [1.807, 2.05) is 42.7 Å². The third-order valence-corrected chi connectivity index (χ3v) is 3.14. The molecule has 2 aromatic rings. The van der Waals surface area contributed by atoms with E-state index in [-0.39, 0.29) is 0 Å². The predicted molar refractivity (Wildman–Crippen MR) is 79.2 cm³/mol. The third-order valence-electron chi connectivity index (χ3n) is 3.14. The molecular weight excluding hydrogens is 252 g/mol. The first-order valence-electron chi connectivity index (χ1n) is 6.64. The van der Waals surface area contributed by atoms with Crippen LogP contribution in [0.4, 0.5) is 0 Å². The predicted octanol–water partition coefficient (Wildman–Crippen LogP) is 2.43. The molecule has 1 N–H and O–H groups in total. The highest BCUT2D eigenvalue weighted by molar-refractivity contribution is 5.46. The molecule has 0 spiro atoms. The van der Waals surface area contributed by atoms with E-state index in [0.29, 0.717) is 0 Å². The van der Waals surface area contributed by atoms with Crippen LogP contribution in [0, 0.1) is 0 Å². The molecule has 4 heteroatoms. The minimum absolute atomic E-state index is 0.755. The smallest absolute Gasteiger partial charge is 0.165 e. The van der Waals surface area contributed by atoms with Gasteiger partial charge in [-0.3, -0.25) is 4.98 Å². The van der Waals surface area contributed by atoms with Crippen LogP contribution in [0.5, 0.6) is 11.5 Å². The highest BCUT2D eigenvalue weighted by Gasteiger charge is 2.08. The number of hydrogen-bond donors (Lipinski definition) is 1. The molecule has 20 heavy (non-hydrogen) atoms. The lowest BCUT2D eigenvalue weighted by molar-refractivity contribution is 0.350. The van der Waals surface area contributed by atoms with Crippen LogP contribution < -0.4 is 14.8 Å². The summed E-state index contributed by atoms with van der Waals surface area (Å²) in [6.07, 6.45) is 4.62. The quantitative estimate of drug-likeness (QED) is 0.786. The van der Waals surface area contributed by atoms with Gasteiger partial charge in [-0.1, -0.05) is 12.1 Å². The average Bonchev–Trinajstić information content (AvgIpc) is 2.52. The molecule has 1 heterocycles. The van der Waals surface area contributed by atoms with E-state index in [1.54, 1.807) is 14.2 Å². The fraction of sp³-hybridized carbons (Fsp3) is 0.312. The molecule has 0 aliphatic carbocycles. The van der Waals surface area contributed by atoms with E-state index in [9.17, 15) is 0 Å². The largest absolute Gasteiger partial charge is 0.493 e. The summed E-state index contributed by atoms with van der Waals surface area (Å²) in [6, 6.07) is 9.99. The molecular formula is C16H20N2O2. The van der Waals surface area contributed by atoms with Gasteiger partial charge in [0.15, 0.2) is 11.5 Å². The van der Waals surface area contributed by atoms with Crippen molar-refractivity contribution in [2.75, 3.05) is 20.8 Å². The van der Waals surface area contributed by atoms with E-state index >= 15 is 0 Å². The van der Waals surface area contributed by atoms with Gasteiger partial charge >= 0.3 is 0 Å². The Hall–Kier alpha value is -2.07. The van der Waals surface area contributed by atoms with E-state index in [2.05, 4.69) is 10.3 Å². The van der Waals surface area contributed by atoms with Crippen LogP contribution in [0.2, 0.25) is 0 Å². The Bertz CT molecular complexity index is 529. The second kappa shape index (κ2) is 7.50. The highest BCUT2D eigenvalue weighted by atomic mass is 16.5. The molecule has 0 bridgehead atoms. The number of para-hydroxylation sites is 1. The van der Waals surface area contributed by atoms with E-state index in [1.165, 1.54) is 5.56 Å². The molecule has 0 radical (unpaired) electrons. The van der Waals surface area contributed by atoms with Crippen LogP contribution in [0.1, 0.15) is 11.1 Å². The molecule has 4 nitrogen and oxygen atoms in total. The fourth-order valence-corrected chi connectivity index (χ4v) is 2.10. The molecule has 2 rings (SSSR count). The summed E-state index contributed by atoms with van der Waals surface area (Å²) in [5.74, 6) is 1.56. The Labute approximate surface area is 119 Å². The van der Waals surface area contributed by atoms with Gasteiger partial charge in [-0.15, -0.1) is 0 Å². The zero-order chi connectivity index (χ0) is 14.2. The second-order valence-electron chi connectivity index (χ2n) is 4.43. The van der Waals surface area contributed by atoms with Gasteiger partial charge in [0.25, 0.3) is 0 Å². The summed E-state index contributed by atoms with van der Waals surface area (Å²) in [5.41, 5.74) is 2.38. The van der Waals surface area contributed by atoms with E-state index in [0.717, 1.165) is 36.6 Å². The molecule has 0 saturated carbocycles. The summed E-state index contributed by atoms with van der Waals surface area (Å²) in [4.78, 5) is 4.01. The van der Waals surface area contributed by atoms with Crippen LogP contribution in [-0.4, -0.2) is 25.7 Å². The van der Waals surface area contributed by atoms with Crippen LogP contribution in [0.3, 0.4) is 0 Å².